The fourth-order valence-electron chi connectivity index (χ4n) is 7.44. The Morgan fingerprint density at radius 1 is 1.12 bits per heavy atom. The second-order valence-corrected chi connectivity index (χ2v) is 11.1. The molecule has 6 rings (SSSR count). The van der Waals surface area contributed by atoms with Gasteiger partial charge in [-0.1, -0.05) is 30.7 Å². The lowest BCUT2D eigenvalue weighted by atomic mass is 9.48. The van der Waals surface area contributed by atoms with Gasteiger partial charge in [0.1, 0.15) is 12.1 Å². The maximum Gasteiger partial charge on any atom is 0.325 e. The number of hydrogen-bond donors (Lipinski definition) is 2. The van der Waals surface area contributed by atoms with Crippen LogP contribution in [0, 0.1) is 23.2 Å². The fourth-order valence-corrected chi connectivity index (χ4v) is 7.56. The molecular weight excluding hydrogens is 426 g/mol. The van der Waals surface area contributed by atoms with E-state index in [9.17, 15) is 14.4 Å². The van der Waals surface area contributed by atoms with Crippen molar-refractivity contribution in [2.45, 2.75) is 70.4 Å². The average molecular weight is 458 g/mol. The van der Waals surface area contributed by atoms with Crippen LogP contribution in [-0.4, -0.2) is 35.3 Å². The Labute approximate surface area is 194 Å². The lowest BCUT2D eigenvalue weighted by Crippen LogP contribution is -2.57. The van der Waals surface area contributed by atoms with Crippen molar-refractivity contribution in [3.8, 4) is 0 Å². The number of nitrogens with one attached hydrogen (secondary N) is 2. The van der Waals surface area contributed by atoms with Crippen LogP contribution < -0.4 is 10.6 Å². The van der Waals surface area contributed by atoms with Crippen LogP contribution in [0.25, 0.3) is 0 Å². The molecule has 6 nitrogen and oxygen atoms in total. The number of hydrogen-bond acceptors (Lipinski definition) is 3. The minimum Gasteiger partial charge on any atom is -0.352 e. The highest BCUT2D eigenvalue weighted by Gasteiger charge is 2.54. The summed E-state index contributed by atoms with van der Waals surface area (Å²) in [5.74, 6) is 1.76. The molecule has 4 amide bonds. The molecule has 5 fully saturated rings. The van der Waals surface area contributed by atoms with Crippen molar-refractivity contribution < 1.29 is 14.4 Å². The van der Waals surface area contributed by atoms with E-state index in [0.717, 1.165) is 22.7 Å². The van der Waals surface area contributed by atoms with Crippen molar-refractivity contribution in [2.75, 3.05) is 6.54 Å². The molecule has 1 aromatic rings. The minimum atomic E-state index is -1.16. The normalized spacial score (nSPS) is 36.3. The van der Waals surface area contributed by atoms with Gasteiger partial charge in [0.05, 0.1) is 0 Å². The summed E-state index contributed by atoms with van der Waals surface area (Å²) in [7, 11) is 0. The number of benzene rings is 1. The smallest absolute Gasteiger partial charge is 0.325 e. The molecule has 4 saturated carbocycles. The van der Waals surface area contributed by atoms with Crippen molar-refractivity contribution >= 4 is 29.4 Å². The van der Waals surface area contributed by atoms with Gasteiger partial charge in [-0.25, -0.2) is 4.79 Å². The molecule has 1 aromatic carbocycles. The van der Waals surface area contributed by atoms with E-state index in [-0.39, 0.29) is 29.8 Å². The molecule has 5 aliphatic rings. The first kappa shape index (κ1) is 21.7. The van der Waals surface area contributed by atoms with Crippen LogP contribution in [-0.2, 0) is 15.1 Å². The third-order valence-corrected chi connectivity index (χ3v) is 8.98. The number of nitrogens with zero attached hydrogens (tertiary/aromatic N) is 1. The average Bonchev–Trinajstić information content (AvgIpc) is 2.98. The number of carbonyl (C=O) groups excluding carboxylic acids is 3. The molecule has 1 aliphatic heterocycles. The van der Waals surface area contributed by atoms with E-state index in [1.54, 1.807) is 24.3 Å². The topological polar surface area (TPSA) is 78.5 Å². The zero-order valence-corrected chi connectivity index (χ0v) is 19.6. The Kier molecular flexibility index (Phi) is 5.27. The molecule has 0 unspecified atom stereocenters. The lowest BCUT2D eigenvalue weighted by Gasteiger charge is -2.59. The summed E-state index contributed by atoms with van der Waals surface area (Å²) in [6.45, 7) is 3.71. The van der Waals surface area contributed by atoms with E-state index in [4.69, 9.17) is 11.6 Å². The number of amides is 4. The SMILES string of the molecule is CC[C@]1(c2ccc(Cl)cc2)NC(=O)N(CC(=O)N[C@H](C)C23CC4CC(CC(C4)C2)C3)C1=O. The Hall–Kier alpha value is -2.08. The predicted octanol–water partition coefficient (Wildman–Crippen LogP) is 4.22. The van der Waals surface area contributed by atoms with Gasteiger partial charge in [0.15, 0.2) is 0 Å². The van der Waals surface area contributed by atoms with Crippen LogP contribution in [0.3, 0.4) is 0 Å². The molecule has 1 saturated heterocycles. The number of carbonyl (C=O) groups is 3. The van der Waals surface area contributed by atoms with Gasteiger partial charge in [-0.15, -0.1) is 0 Å². The van der Waals surface area contributed by atoms with Crippen LogP contribution in [0.2, 0.25) is 5.02 Å². The molecular formula is C25H32ClN3O3. The third-order valence-electron chi connectivity index (χ3n) is 8.73. The highest BCUT2D eigenvalue weighted by atomic mass is 35.5. The first-order chi connectivity index (χ1) is 15.2. The summed E-state index contributed by atoms with van der Waals surface area (Å²) in [5.41, 5.74) is -0.307. The van der Waals surface area contributed by atoms with Crippen LogP contribution in [0.4, 0.5) is 4.79 Å². The second kappa shape index (κ2) is 7.75. The Bertz CT molecular complexity index is 911. The van der Waals surface area contributed by atoms with Crippen molar-refractivity contribution in [3.63, 3.8) is 0 Å². The number of rotatable bonds is 6. The minimum absolute atomic E-state index is 0.0522. The molecule has 0 aromatic heterocycles. The van der Waals surface area contributed by atoms with Crippen molar-refractivity contribution in [3.05, 3.63) is 34.9 Å². The molecule has 2 N–H and O–H groups in total. The van der Waals surface area contributed by atoms with E-state index in [2.05, 4.69) is 17.6 Å². The molecule has 1 heterocycles. The first-order valence-electron chi connectivity index (χ1n) is 11.9. The molecule has 7 heteroatoms. The zero-order chi connectivity index (χ0) is 22.7. The summed E-state index contributed by atoms with van der Waals surface area (Å²) >= 11 is 5.99. The lowest BCUT2D eigenvalue weighted by molar-refractivity contribution is -0.136. The van der Waals surface area contributed by atoms with Gasteiger partial charge in [0.25, 0.3) is 5.91 Å². The van der Waals surface area contributed by atoms with Crippen LogP contribution in [0.15, 0.2) is 24.3 Å². The van der Waals surface area contributed by atoms with E-state index in [1.165, 1.54) is 38.5 Å². The summed E-state index contributed by atoms with van der Waals surface area (Å²) in [6.07, 6.45) is 8.03. The molecule has 0 spiro atoms. The van der Waals surface area contributed by atoms with Gasteiger partial charge < -0.3 is 10.6 Å². The molecule has 0 radical (unpaired) electrons. The summed E-state index contributed by atoms with van der Waals surface area (Å²) < 4.78 is 0. The van der Waals surface area contributed by atoms with Crippen molar-refractivity contribution in [2.24, 2.45) is 23.2 Å². The summed E-state index contributed by atoms with van der Waals surface area (Å²) in [5, 5.41) is 6.56. The Balaban J connectivity index is 1.28. The standard InChI is InChI=1S/C25H32ClN3O3/c1-3-25(19-4-6-20(26)7-5-19)22(31)29(23(32)28-25)14-21(30)27-15(2)24-11-16-8-17(12-24)10-18(9-16)13-24/h4-7,15-18H,3,8-14H2,1-2H3,(H,27,30)(H,28,32)/t15-,16?,17?,18?,24?,25-/m1/s1. The number of halogens is 1. The van der Waals surface area contributed by atoms with Gasteiger partial charge >= 0.3 is 6.03 Å². The quantitative estimate of drug-likeness (QED) is 0.628. The maximum absolute atomic E-state index is 13.3. The van der Waals surface area contributed by atoms with Crippen LogP contribution >= 0.6 is 11.6 Å². The molecule has 172 valence electrons. The molecule has 32 heavy (non-hydrogen) atoms. The summed E-state index contributed by atoms with van der Waals surface area (Å²) in [6, 6.07) is 6.44. The van der Waals surface area contributed by atoms with Gasteiger partial charge in [0, 0.05) is 11.1 Å². The maximum atomic E-state index is 13.3. The van der Waals surface area contributed by atoms with Gasteiger partial charge in [0.2, 0.25) is 5.91 Å². The van der Waals surface area contributed by atoms with E-state index in [1.807, 2.05) is 6.92 Å². The number of imide groups is 1. The van der Waals surface area contributed by atoms with Gasteiger partial charge in [-0.3, -0.25) is 14.5 Å². The second-order valence-electron chi connectivity index (χ2n) is 10.7. The molecule has 4 aliphatic carbocycles. The number of urea groups is 1. The van der Waals surface area contributed by atoms with Crippen LogP contribution in [0.1, 0.15) is 64.4 Å². The summed E-state index contributed by atoms with van der Waals surface area (Å²) in [4.78, 5) is 40.1. The predicted molar refractivity (Wildman–Crippen MR) is 122 cm³/mol. The highest BCUT2D eigenvalue weighted by molar-refractivity contribution is 6.30. The van der Waals surface area contributed by atoms with Crippen LogP contribution in [0.5, 0.6) is 0 Å². The first-order valence-corrected chi connectivity index (χ1v) is 12.3. The zero-order valence-electron chi connectivity index (χ0n) is 18.8. The van der Waals surface area contributed by atoms with Crippen molar-refractivity contribution in [1.29, 1.82) is 0 Å². The molecule has 4 bridgehead atoms. The van der Waals surface area contributed by atoms with E-state index >= 15 is 0 Å². The Morgan fingerprint density at radius 3 is 2.22 bits per heavy atom. The third kappa shape index (κ3) is 3.42. The Morgan fingerprint density at radius 2 is 1.69 bits per heavy atom. The van der Waals surface area contributed by atoms with Gasteiger partial charge in [-0.2, -0.15) is 0 Å². The fraction of sp³-hybridized carbons (Fsp3) is 0.640. The highest BCUT2D eigenvalue weighted by Crippen LogP contribution is 2.61. The van der Waals surface area contributed by atoms with E-state index in [0.29, 0.717) is 17.0 Å². The van der Waals surface area contributed by atoms with Gasteiger partial charge in [-0.05, 0) is 92.7 Å². The monoisotopic (exact) mass is 457 g/mol. The van der Waals surface area contributed by atoms with Crippen molar-refractivity contribution in [1.82, 2.24) is 15.5 Å². The largest absolute Gasteiger partial charge is 0.352 e. The molecule has 2 atom stereocenters. The van der Waals surface area contributed by atoms with E-state index < -0.39 is 11.6 Å².